The molecule has 27 heavy (non-hydrogen) atoms. The van der Waals surface area contributed by atoms with Gasteiger partial charge in [0.25, 0.3) is 5.91 Å². The number of carbonyl (C=O) groups excluding carboxylic acids is 1. The maximum Gasteiger partial charge on any atom is 0.262 e. The van der Waals surface area contributed by atoms with E-state index in [4.69, 9.17) is 4.74 Å². The van der Waals surface area contributed by atoms with E-state index in [0.717, 1.165) is 30.4 Å². The Balaban J connectivity index is 2.19. The van der Waals surface area contributed by atoms with Crippen LogP contribution in [-0.2, 0) is 11.4 Å². The lowest BCUT2D eigenvalue weighted by atomic mass is 10.1. The summed E-state index contributed by atoms with van der Waals surface area (Å²) in [5, 5.41) is 12.2. The van der Waals surface area contributed by atoms with E-state index in [1.54, 1.807) is 6.08 Å². The van der Waals surface area contributed by atoms with Crippen molar-refractivity contribution in [2.45, 2.75) is 32.9 Å². The first-order valence-corrected chi connectivity index (χ1v) is 10.7. The van der Waals surface area contributed by atoms with E-state index in [9.17, 15) is 10.1 Å². The van der Waals surface area contributed by atoms with E-state index < -0.39 is 0 Å². The molecule has 1 amide bonds. The van der Waals surface area contributed by atoms with Gasteiger partial charge in [0, 0.05) is 6.04 Å². The number of hydrogen-bond donors (Lipinski definition) is 1. The van der Waals surface area contributed by atoms with Crippen molar-refractivity contribution in [3.05, 3.63) is 66.3 Å². The minimum absolute atomic E-state index is 0.0308. The molecule has 1 N–H and O–H groups in total. The average molecular weight is 586 g/mol. The molecule has 4 nitrogen and oxygen atoms in total. The fraction of sp³-hybridized carbons (Fsp3) is 0.238. The molecule has 0 bridgehead atoms. The molecular weight excluding hydrogens is 566 g/mol. The maximum absolute atomic E-state index is 12.2. The predicted molar refractivity (Wildman–Crippen MR) is 124 cm³/mol. The quantitative estimate of drug-likeness (QED) is 0.273. The van der Waals surface area contributed by atoms with Crippen molar-refractivity contribution >= 4 is 57.2 Å². The van der Waals surface area contributed by atoms with Gasteiger partial charge in [-0.25, -0.2) is 0 Å². The van der Waals surface area contributed by atoms with Crippen LogP contribution in [0.3, 0.4) is 0 Å². The highest BCUT2D eigenvalue weighted by Gasteiger charge is 2.13. The minimum atomic E-state index is -0.346. The molecule has 1 atom stereocenters. The fourth-order valence-corrected chi connectivity index (χ4v) is 4.38. The zero-order chi connectivity index (χ0) is 19.8. The highest BCUT2D eigenvalue weighted by molar-refractivity contribution is 14.1. The van der Waals surface area contributed by atoms with Crippen LogP contribution in [0.5, 0.6) is 5.75 Å². The molecule has 0 radical (unpaired) electrons. The van der Waals surface area contributed by atoms with Gasteiger partial charge in [0.2, 0.25) is 0 Å². The van der Waals surface area contributed by atoms with Gasteiger partial charge < -0.3 is 10.1 Å². The zero-order valence-corrected chi connectivity index (χ0v) is 19.4. The van der Waals surface area contributed by atoms with Gasteiger partial charge in [0.1, 0.15) is 24.0 Å². The lowest BCUT2D eigenvalue weighted by Crippen LogP contribution is -2.32. The average Bonchev–Trinajstić information content (AvgIpc) is 2.66. The van der Waals surface area contributed by atoms with Gasteiger partial charge in [-0.05, 0) is 87.9 Å². The molecule has 2 aromatic rings. The second-order valence-corrected chi connectivity index (χ2v) is 8.36. The minimum Gasteiger partial charge on any atom is -0.487 e. The van der Waals surface area contributed by atoms with E-state index in [0.29, 0.717) is 6.61 Å². The van der Waals surface area contributed by atoms with Crippen molar-refractivity contribution in [3.8, 4) is 11.8 Å². The Labute approximate surface area is 187 Å². The fourth-order valence-electron chi connectivity index (χ4n) is 2.25. The summed E-state index contributed by atoms with van der Waals surface area (Å²) < 4.78 is 7.84. The largest absolute Gasteiger partial charge is 0.487 e. The van der Waals surface area contributed by atoms with Crippen molar-refractivity contribution in [3.63, 3.8) is 0 Å². The molecule has 0 saturated heterocycles. The Hall–Kier alpha value is -1.60. The molecule has 0 aliphatic rings. The first-order valence-electron chi connectivity index (χ1n) is 8.53. The molecule has 0 spiro atoms. The molecule has 0 aliphatic carbocycles. The van der Waals surface area contributed by atoms with E-state index in [-0.39, 0.29) is 17.5 Å². The van der Waals surface area contributed by atoms with Crippen molar-refractivity contribution < 1.29 is 9.53 Å². The van der Waals surface area contributed by atoms with E-state index in [1.165, 1.54) is 0 Å². The number of nitriles is 1. The number of rotatable bonds is 7. The topological polar surface area (TPSA) is 62.1 Å². The lowest BCUT2D eigenvalue weighted by molar-refractivity contribution is -0.117. The predicted octanol–water partition coefficient (Wildman–Crippen LogP) is 5.30. The van der Waals surface area contributed by atoms with Gasteiger partial charge in [-0.15, -0.1) is 0 Å². The van der Waals surface area contributed by atoms with E-state index in [2.05, 4.69) is 50.5 Å². The summed E-state index contributed by atoms with van der Waals surface area (Å²) in [6.07, 6.45) is 2.43. The first-order chi connectivity index (χ1) is 12.9. The monoisotopic (exact) mass is 586 g/mol. The standard InChI is InChI=1S/C21H20I2N2O2/c1-3-14(2)25-21(26)17(12-24)9-16-10-18(22)20(19(23)11-16)27-13-15-7-5-4-6-8-15/h4-11,14H,3,13H2,1-2H3,(H,25,26)/b17-9+/t14-/m1/s1. The summed E-state index contributed by atoms with van der Waals surface area (Å²) in [5.74, 6) is 0.459. The molecule has 2 aromatic carbocycles. The first kappa shape index (κ1) is 21.7. The van der Waals surface area contributed by atoms with Crippen LogP contribution in [0.2, 0.25) is 0 Å². The van der Waals surface area contributed by atoms with Crippen LogP contribution < -0.4 is 10.1 Å². The van der Waals surface area contributed by atoms with Crippen LogP contribution >= 0.6 is 45.2 Å². The molecule has 0 unspecified atom stereocenters. The van der Waals surface area contributed by atoms with Crippen LogP contribution in [-0.4, -0.2) is 11.9 Å². The van der Waals surface area contributed by atoms with Crippen LogP contribution in [0.15, 0.2) is 48.0 Å². The van der Waals surface area contributed by atoms with Crippen LogP contribution in [0.4, 0.5) is 0 Å². The molecule has 6 heteroatoms. The second kappa shape index (κ2) is 10.7. The summed E-state index contributed by atoms with van der Waals surface area (Å²) >= 11 is 4.43. The molecule has 0 aliphatic heterocycles. The molecule has 0 aromatic heterocycles. The number of amides is 1. The van der Waals surface area contributed by atoms with E-state index >= 15 is 0 Å². The lowest BCUT2D eigenvalue weighted by Gasteiger charge is -2.12. The summed E-state index contributed by atoms with van der Waals surface area (Å²) in [6, 6.07) is 15.8. The Morgan fingerprint density at radius 2 is 1.89 bits per heavy atom. The van der Waals surface area contributed by atoms with Crippen molar-refractivity contribution in [1.82, 2.24) is 5.32 Å². The van der Waals surface area contributed by atoms with Crippen LogP contribution in [0.25, 0.3) is 6.08 Å². The summed E-state index contributed by atoms with van der Waals surface area (Å²) in [6.45, 7) is 4.39. The maximum atomic E-state index is 12.2. The van der Waals surface area contributed by atoms with Crippen molar-refractivity contribution in [1.29, 1.82) is 5.26 Å². The Morgan fingerprint density at radius 3 is 2.44 bits per heavy atom. The van der Waals surface area contributed by atoms with Gasteiger partial charge in [0.05, 0.1) is 7.14 Å². The number of ether oxygens (including phenoxy) is 1. The Bertz CT molecular complexity index is 850. The third-order valence-corrected chi connectivity index (χ3v) is 5.52. The number of carbonyl (C=O) groups is 1. The smallest absolute Gasteiger partial charge is 0.262 e. The third-order valence-electron chi connectivity index (χ3n) is 3.91. The number of hydrogen-bond acceptors (Lipinski definition) is 3. The molecule has 0 heterocycles. The molecule has 2 rings (SSSR count). The number of halogens is 2. The van der Waals surface area contributed by atoms with Gasteiger partial charge >= 0.3 is 0 Å². The second-order valence-electron chi connectivity index (χ2n) is 6.04. The van der Waals surface area contributed by atoms with Gasteiger partial charge in [-0.2, -0.15) is 5.26 Å². The molecular formula is C21H20I2N2O2. The molecule has 0 fully saturated rings. The third kappa shape index (κ3) is 6.50. The van der Waals surface area contributed by atoms with Crippen LogP contribution in [0, 0.1) is 18.5 Å². The van der Waals surface area contributed by atoms with Crippen molar-refractivity contribution in [2.75, 3.05) is 0 Å². The van der Waals surface area contributed by atoms with Gasteiger partial charge in [0.15, 0.2) is 0 Å². The van der Waals surface area contributed by atoms with Gasteiger partial charge in [-0.1, -0.05) is 37.3 Å². The SMILES string of the molecule is CC[C@@H](C)NC(=O)/C(C#N)=C/c1cc(I)c(OCc2ccccc2)c(I)c1. The highest BCUT2D eigenvalue weighted by atomic mass is 127. The Kier molecular flexibility index (Phi) is 8.57. The zero-order valence-electron chi connectivity index (χ0n) is 15.1. The normalized spacial score (nSPS) is 12.2. The number of benzene rings is 2. The summed E-state index contributed by atoms with van der Waals surface area (Å²) in [7, 11) is 0. The molecule has 140 valence electrons. The van der Waals surface area contributed by atoms with Crippen LogP contribution in [0.1, 0.15) is 31.4 Å². The summed E-state index contributed by atoms with van der Waals surface area (Å²) in [5.41, 5.74) is 1.99. The van der Waals surface area contributed by atoms with Gasteiger partial charge in [-0.3, -0.25) is 4.79 Å². The highest BCUT2D eigenvalue weighted by Crippen LogP contribution is 2.30. The Morgan fingerprint density at radius 1 is 1.26 bits per heavy atom. The van der Waals surface area contributed by atoms with E-state index in [1.807, 2.05) is 62.4 Å². The van der Waals surface area contributed by atoms with Crippen molar-refractivity contribution in [2.24, 2.45) is 0 Å². The summed E-state index contributed by atoms with van der Waals surface area (Å²) in [4.78, 5) is 12.2. The number of nitrogens with one attached hydrogen (secondary N) is 1. The number of nitrogens with zero attached hydrogens (tertiary/aromatic N) is 1. The molecule has 0 saturated carbocycles.